The van der Waals surface area contributed by atoms with E-state index in [2.05, 4.69) is 5.32 Å². The van der Waals surface area contributed by atoms with Gasteiger partial charge in [-0.05, 0) is 53.3 Å². The van der Waals surface area contributed by atoms with E-state index in [0.717, 1.165) is 9.13 Å². The van der Waals surface area contributed by atoms with Crippen molar-refractivity contribution in [1.29, 1.82) is 0 Å². The number of halogens is 2. The number of carboxylic acids is 1. The smallest absolute Gasteiger partial charge is 0.307 e. The Morgan fingerprint density at radius 1 is 1.35 bits per heavy atom. The molecule has 2 rings (SSSR count). The number of rotatable bonds is 4. The van der Waals surface area contributed by atoms with Crippen LogP contribution >= 0.6 is 22.6 Å². The Balaban J connectivity index is 2.40. The topological polar surface area (TPSA) is 49.3 Å². The van der Waals surface area contributed by atoms with Gasteiger partial charge in [0.1, 0.15) is 5.82 Å². The average molecular weight is 383 g/mol. The largest absolute Gasteiger partial charge is 0.481 e. The van der Waals surface area contributed by atoms with Crippen LogP contribution in [0, 0.1) is 16.3 Å². The lowest BCUT2D eigenvalue weighted by Crippen LogP contribution is -2.05. The SMILES string of the molecule is Cc1ccc(Nc2c(F)cccc2[125I])c(CC(=O)O)c1. The van der Waals surface area contributed by atoms with E-state index in [1.54, 1.807) is 24.3 Å². The number of benzene rings is 2. The van der Waals surface area contributed by atoms with Crippen molar-refractivity contribution in [3.63, 3.8) is 0 Å². The van der Waals surface area contributed by atoms with Crippen LogP contribution in [-0.2, 0) is 11.2 Å². The van der Waals surface area contributed by atoms with E-state index in [1.807, 2.05) is 35.6 Å². The lowest BCUT2D eigenvalue weighted by atomic mass is 10.1. The molecule has 2 aromatic rings. The number of aliphatic carboxylic acids is 1. The van der Waals surface area contributed by atoms with E-state index in [0.29, 0.717) is 16.9 Å². The third-order valence-corrected chi connectivity index (χ3v) is 3.72. The number of carboxylic acid groups (broad SMARTS) is 1. The highest BCUT2D eigenvalue weighted by Gasteiger charge is 2.11. The minimum absolute atomic E-state index is 0.102. The summed E-state index contributed by atoms with van der Waals surface area (Å²) < 4.78 is 14.6. The van der Waals surface area contributed by atoms with Crippen LogP contribution < -0.4 is 5.32 Å². The third-order valence-electron chi connectivity index (χ3n) is 2.82. The van der Waals surface area contributed by atoms with Gasteiger partial charge in [0.15, 0.2) is 0 Å². The van der Waals surface area contributed by atoms with Gasteiger partial charge in [0, 0.05) is 9.26 Å². The summed E-state index contributed by atoms with van der Waals surface area (Å²) in [6.07, 6.45) is -0.102. The van der Waals surface area contributed by atoms with Crippen molar-refractivity contribution < 1.29 is 14.3 Å². The van der Waals surface area contributed by atoms with E-state index in [-0.39, 0.29) is 12.2 Å². The first-order valence-corrected chi connectivity index (χ1v) is 7.07. The van der Waals surface area contributed by atoms with Crippen LogP contribution in [0.5, 0.6) is 0 Å². The van der Waals surface area contributed by atoms with Crippen LogP contribution in [0.1, 0.15) is 11.1 Å². The molecule has 0 heterocycles. The van der Waals surface area contributed by atoms with E-state index in [9.17, 15) is 9.18 Å². The van der Waals surface area contributed by atoms with Gasteiger partial charge in [-0.2, -0.15) is 0 Å². The number of anilines is 2. The third kappa shape index (κ3) is 3.47. The molecule has 20 heavy (non-hydrogen) atoms. The second-order valence-electron chi connectivity index (χ2n) is 4.45. The zero-order valence-electron chi connectivity index (χ0n) is 10.8. The standard InChI is InChI=1S/C15H13FINO2/c1-9-5-6-13(10(7-9)8-14(19)20)18-15-11(16)3-2-4-12(15)17/h2-7,18H,8H2,1H3,(H,19,20)/i17-2. The molecule has 2 N–H and O–H groups in total. The maximum absolute atomic E-state index is 13.8. The van der Waals surface area contributed by atoms with Crippen LogP contribution in [0.2, 0.25) is 0 Å². The van der Waals surface area contributed by atoms with Crippen LogP contribution in [-0.4, -0.2) is 11.1 Å². The molecule has 0 aliphatic carbocycles. The summed E-state index contributed by atoms with van der Waals surface area (Å²) in [5.41, 5.74) is 2.58. The fourth-order valence-corrected chi connectivity index (χ4v) is 2.51. The van der Waals surface area contributed by atoms with Crippen molar-refractivity contribution >= 4 is 39.9 Å². The van der Waals surface area contributed by atoms with Crippen LogP contribution in [0.4, 0.5) is 15.8 Å². The van der Waals surface area contributed by atoms with Crippen molar-refractivity contribution in [2.24, 2.45) is 0 Å². The molecule has 0 aliphatic heterocycles. The Hall–Kier alpha value is -1.63. The van der Waals surface area contributed by atoms with Crippen molar-refractivity contribution in [2.45, 2.75) is 13.3 Å². The number of carbonyl (C=O) groups is 1. The highest BCUT2D eigenvalue weighted by Crippen LogP contribution is 2.28. The number of para-hydroxylation sites is 1. The van der Waals surface area contributed by atoms with E-state index in [4.69, 9.17) is 5.11 Å². The quantitative estimate of drug-likeness (QED) is 0.782. The van der Waals surface area contributed by atoms with Crippen LogP contribution in [0.15, 0.2) is 36.4 Å². The zero-order valence-corrected chi connectivity index (χ0v) is 12.9. The van der Waals surface area contributed by atoms with Crippen LogP contribution in [0.3, 0.4) is 0 Å². The first-order valence-electron chi connectivity index (χ1n) is 5.99. The Morgan fingerprint density at radius 3 is 2.75 bits per heavy atom. The van der Waals surface area contributed by atoms with Gasteiger partial charge in [0.2, 0.25) is 0 Å². The summed E-state index contributed by atoms with van der Waals surface area (Å²) in [5.74, 6) is -1.28. The molecular weight excluding hydrogens is 370 g/mol. The van der Waals surface area contributed by atoms with E-state index < -0.39 is 5.97 Å². The highest BCUT2D eigenvalue weighted by atomic mass is 125. The number of nitrogens with one attached hydrogen (secondary N) is 1. The Morgan fingerprint density at radius 2 is 2.10 bits per heavy atom. The summed E-state index contributed by atoms with van der Waals surface area (Å²) in [4.78, 5) is 10.9. The maximum Gasteiger partial charge on any atom is 0.307 e. The molecule has 0 spiro atoms. The number of hydrogen-bond acceptors (Lipinski definition) is 2. The molecule has 0 fully saturated rings. The Labute approximate surface area is 130 Å². The monoisotopic (exact) mass is 383 g/mol. The minimum Gasteiger partial charge on any atom is -0.481 e. The summed E-state index contributed by atoms with van der Waals surface area (Å²) in [7, 11) is 0. The van der Waals surface area contributed by atoms with E-state index >= 15 is 0 Å². The second kappa shape index (κ2) is 6.21. The number of aryl methyl sites for hydroxylation is 1. The Bertz CT molecular complexity index is 638. The molecule has 0 radical (unpaired) electrons. The predicted octanol–water partition coefficient (Wildman–Crippen LogP) is 4.11. The van der Waals surface area contributed by atoms with E-state index in [1.165, 1.54) is 6.07 Å². The van der Waals surface area contributed by atoms with Crippen molar-refractivity contribution in [2.75, 3.05) is 5.32 Å². The molecule has 5 heteroatoms. The van der Waals surface area contributed by atoms with Crippen molar-refractivity contribution in [1.82, 2.24) is 0 Å². The van der Waals surface area contributed by atoms with Gasteiger partial charge in [-0.15, -0.1) is 0 Å². The zero-order chi connectivity index (χ0) is 14.7. The lowest BCUT2D eigenvalue weighted by molar-refractivity contribution is -0.136. The molecule has 0 saturated heterocycles. The summed E-state index contributed by atoms with van der Waals surface area (Å²) in [6, 6.07) is 10.2. The van der Waals surface area contributed by atoms with Crippen LogP contribution in [0.25, 0.3) is 0 Å². The first-order chi connectivity index (χ1) is 9.47. The average Bonchev–Trinajstić information content (AvgIpc) is 2.35. The normalized spacial score (nSPS) is 10.3. The second-order valence-corrected chi connectivity index (χ2v) is 5.61. The van der Waals surface area contributed by atoms with Gasteiger partial charge in [-0.3, -0.25) is 4.79 Å². The molecule has 0 aliphatic rings. The van der Waals surface area contributed by atoms with Gasteiger partial charge in [-0.25, -0.2) is 4.39 Å². The molecule has 0 bridgehead atoms. The Kier molecular flexibility index (Phi) is 4.59. The highest BCUT2D eigenvalue weighted by molar-refractivity contribution is 14.1. The summed E-state index contributed by atoms with van der Waals surface area (Å²) >= 11 is 2.04. The van der Waals surface area contributed by atoms with Gasteiger partial charge in [-0.1, -0.05) is 23.8 Å². The molecule has 2 aromatic carbocycles. The first kappa shape index (κ1) is 14.8. The molecule has 0 atom stereocenters. The van der Waals surface area contributed by atoms with Gasteiger partial charge >= 0.3 is 5.97 Å². The summed E-state index contributed by atoms with van der Waals surface area (Å²) in [5, 5.41) is 12.0. The minimum atomic E-state index is -0.915. The molecule has 0 saturated carbocycles. The molecule has 0 unspecified atom stereocenters. The van der Waals surface area contributed by atoms with Crippen molar-refractivity contribution in [3.8, 4) is 0 Å². The van der Waals surface area contributed by atoms with Gasteiger partial charge in [0.05, 0.1) is 12.1 Å². The number of hydrogen-bond donors (Lipinski definition) is 2. The molecule has 3 nitrogen and oxygen atoms in total. The predicted molar refractivity (Wildman–Crippen MR) is 84.9 cm³/mol. The maximum atomic E-state index is 13.8. The summed E-state index contributed by atoms with van der Waals surface area (Å²) in [6.45, 7) is 1.89. The molecular formula is C15H13FINO2. The van der Waals surface area contributed by atoms with Crippen molar-refractivity contribution in [3.05, 3.63) is 56.9 Å². The molecule has 0 aromatic heterocycles. The molecule has 104 valence electrons. The van der Waals surface area contributed by atoms with Gasteiger partial charge in [0.25, 0.3) is 0 Å². The van der Waals surface area contributed by atoms with Gasteiger partial charge < -0.3 is 10.4 Å². The fraction of sp³-hybridized carbons (Fsp3) is 0.133. The fourth-order valence-electron chi connectivity index (χ4n) is 1.91. The molecule has 0 amide bonds. The lowest BCUT2D eigenvalue weighted by Gasteiger charge is -2.14.